The van der Waals surface area contributed by atoms with Crippen LogP contribution < -0.4 is 11.3 Å². The summed E-state index contributed by atoms with van der Waals surface area (Å²) in [7, 11) is 0. The molecule has 0 radical (unpaired) electrons. The molecule has 0 fully saturated rings. The molecule has 0 amide bonds. The smallest absolute Gasteiger partial charge is 0.262 e. The second-order valence-electron chi connectivity index (χ2n) is 3.84. The molecule has 3 N–H and O–H groups in total. The van der Waals surface area contributed by atoms with Crippen molar-refractivity contribution in [1.82, 2.24) is 19.6 Å². The number of hydrogen-bond donors (Lipinski definition) is 2. The lowest BCUT2D eigenvalue weighted by Gasteiger charge is -2.03. The number of fused-ring (bicyclic) bond motifs is 1. The molecule has 2 aromatic heterocycles. The van der Waals surface area contributed by atoms with Gasteiger partial charge in [0, 0.05) is 16.7 Å². The van der Waals surface area contributed by atoms with Crippen molar-refractivity contribution in [2.45, 2.75) is 0 Å². The van der Waals surface area contributed by atoms with Crippen LogP contribution in [0.15, 0.2) is 29.1 Å². The molecular formula is C11H7ClFN5O. The molecule has 0 bridgehead atoms. The number of nitrogens with one attached hydrogen (secondary N) is 1. The van der Waals surface area contributed by atoms with E-state index in [1.54, 1.807) is 0 Å². The van der Waals surface area contributed by atoms with E-state index < -0.39 is 11.4 Å². The molecule has 3 aromatic rings. The summed E-state index contributed by atoms with van der Waals surface area (Å²) in [6.45, 7) is 0. The Morgan fingerprint density at radius 2 is 2.16 bits per heavy atom. The van der Waals surface area contributed by atoms with Crippen LogP contribution in [0.2, 0.25) is 5.02 Å². The summed E-state index contributed by atoms with van der Waals surface area (Å²) in [5, 5.41) is 6.51. The first-order valence-corrected chi connectivity index (χ1v) is 5.63. The van der Waals surface area contributed by atoms with Gasteiger partial charge in [0.05, 0.1) is 5.69 Å². The largest absolute Gasteiger partial charge is 0.368 e. The van der Waals surface area contributed by atoms with Crippen molar-refractivity contribution in [1.29, 1.82) is 0 Å². The lowest BCUT2D eigenvalue weighted by Crippen LogP contribution is -2.15. The van der Waals surface area contributed by atoms with Gasteiger partial charge in [-0.1, -0.05) is 11.6 Å². The van der Waals surface area contributed by atoms with Gasteiger partial charge in [0.15, 0.2) is 0 Å². The van der Waals surface area contributed by atoms with Crippen molar-refractivity contribution in [2.75, 3.05) is 5.73 Å². The molecule has 0 aliphatic heterocycles. The van der Waals surface area contributed by atoms with Gasteiger partial charge in [-0.25, -0.2) is 18.9 Å². The van der Waals surface area contributed by atoms with Gasteiger partial charge in [0.2, 0.25) is 11.7 Å². The fraction of sp³-hybridized carbons (Fsp3) is 0. The van der Waals surface area contributed by atoms with E-state index in [2.05, 4.69) is 15.2 Å². The van der Waals surface area contributed by atoms with Crippen LogP contribution in [-0.2, 0) is 0 Å². The molecule has 0 spiro atoms. The number of aromatic nitrogens is 4. The van der Waals surface area contributed by atoms with Crippen LogP contribution in [0.3, 0.4) is 0 Å². The van der Waals surface area contributed by atoms with Crippen molar-refractivity contribution >= 4 is 23.3 Å². The highest BCUT2D eigenvalue weighted by atomic mass is 35.5. The molecule has 0 atom stereocenters. The van der Waals surface area contributed by atoms with Crippen LogP contribution in [0, 0.1) is 5.82 Å². The number of nitrogens with zero attached hydrogens (tertiary/aromatic N) is 3. The predicted octanol–water partition coefficient (Wildman–Crippen LogP) is 1.46. The Bertz CT molecular complexity index is 841. The summed E-state index contributed by atoms with van der Waals surface area (Å²) in [6.07, 6.45) is 0. The first kappa shape index (κ1) is 11.7. The van der Waals surface area contributed by atoms with E-state index in [1.807, 2.05) is 0 Å². The molecule has 0 saturated heterocycles. The van der Waals surface area contributed by atoms with Gasteiger partial charge >= 0.3 is 0 Å². The molecule has 3 rings (SSSR count). The summed E-state index contributed by atoms with van der Waals surface area (Å²) in [4.78, 5) is 16.0. The Hall–Kier alpha value is -2.41. The first-order chi connectivity index (χ1) is 9.06. The zero-order valence-electron chi connectivity index (χ0n) is 9.39. The van der Waals surface area contributed by atoms with Crippen LogP contribution >= 0.6 is 11.6 Å². The summed E-state index contributed by atoms with van der Waals surface area (Å²) in [5.74, 6) is -0.391. The Balaban J connectivity index is 2.32. The molecular weight excluding hydrogens is 273 g/mol. The van der Waals surface area contributed by atoms with Gasteiger partial charge in [-0.3, -0.25) is 4.79 Å². The molecule has 8 heteroatoms. The minimum Gasteiger partial charge on any atom is -0.368 e. The van der Waals surface area contributed by atoms with Crippen LogP contribution in [-0.4, -0.2) is 19.6 Å². The van der Waals surface area contributed by atoms with Crippen LogP contribution in [0.1, 0.15) is 0 Å². The van der Waals surface area contributed by atoms with Gasteiger partial charge in [-0.2, -0.15) is 0 Å². The average Bonchev–Trinajstić information content (AvgIpc) is 2.74. The molecule has 19 heavy (non-hydrogen) atoms. The Kier molecular flexibility index (Phi) is 2.49. The predicted molar refractivity (Wildman–Crippen MR) is 68.4 cm³/mol. The summed E-state index contributed by atoms with van der Waals surface area (Å²) in [5.41, 5.74) is 5.35. The minimum atomic E-state index is -0.520. The summed E-state index contributed by atoms with van der Waals surface area (Å²) in [6, 6.07) is 5.20. The standard InChI is InChI=1S/C11H7ClFN5O/c12-5-1-2-7(13)6(3-5)8-4-9(19)18-10(14)16-17-11(18)15-8/h1-4H,(H2,14,16)(H,15,17). The number of benzene rings is 1. The fourth-order valence-electron chi connectivity index (χ4n) is 1.77. The normalized spacial score (nSPS) is 11.1. The quantitative estimate of drug-likeness (QED) is 0.706. The number of H-pyrrole nitrogens is 1. The summed E-state index contributed by atoms with van der Waals surface area (Å²) >= 11 is 5.81. The van der Waals surface area contributed by atoms with Gasteiger partial charge in [-0.15, -0.1) is 5.10 Å². The lowest BCUT2D eigenvalue weighted by atomic mass is 10.1. The number of aromatic amines is 1. The highest BCUT2D eigenvalue weighted by Crippen LogP contribution is 2.23. The molecule has 0 saturated carbocycles. The van der Waals surface area contributed by atoms with E-state index in [0.29, 0.717) is 5.02 Å². The maximum atomic E-state index is 13.7. The maximum Gasteiger partial charge on any atom is 0.262 e. The van der Waals surface area contributed by atoms with Crippen LogP contribution in [0.5, 0.6) is 0 Å². The average molecular weight is 280 g/mol. The number of anilines is 1. The van der Waals surface area contributed by atoms with Crippen LogP contribution in [0.25, 0.3) is 17.0 Å². The second-order valence-corrected chi connectivity index (χ2v) is 4.28. The SMILES string of the molecule is Nc1n[nH]c2nc(-c3cc(Cl)ccc3F)cc(=O)n12. The summed E-state index contributed by atoms with van der Waals surface area (Å²) < 4.78 is 14.8. The van der Waals surface area contributed by atoms with Gasteiger partial charge < -0.3 is 5.73 Å². The molecule has 0 unspecified atom stereocenters. The van der Waals surface area contributed by atoms with Crippen LogP contribution in [0.4, 0.5) is 10.3 Å². The third-order valence-corrected chi connectivity index (χ3v) is 2.86. The van der Waals surface area contributed by atoms with E-state index >= 15 is 0 Å². The number of halogens is 2. The van der Waals surface area contributed by atoms with Crippen molar-refractivity contribution in [3.8, 4) is 11.3 Å². The zero-order chi connectivity index (χ0) is 13.6. The van der Waals surface area contributed by atoms with E-state index in [0.717, 1.165) is 4.40 Å². The zero-order valence-corrected chi connectivity index (χ0v) is 10.1. The molecule has 96 valence electrons. The van der Waals surface area contributed by atoms with Gasteiger partial charge in [-0.05, 0) is 18.2 Å². The van der Waals surface area contributed by atoms with E-state index in [1.165, 1.54) is 24.3 Å². The molecule has 1 aromatic carbocycles. The third kappa shape index (κ3) is 1.84. The number of rotatable bonds is 1. The Morgan fingerprint density at radius 3 is 2.95 bits per heavy atom. The number of hydrogen-bond acceptors (Lipinski definition) is 4. The highest BCUT2D eigenvalue weighted by Gasteiger charge is 2.12. The van der Waals surface area contributed by atoms with Gasteiger partial charge in [0.25, 0.3) is 5.56 Å². The maximum absolute atomic E-state index is 13.7. The second kappa shape index (κ2) is 4.06. The topological polar surface area (TPSA) is 89.1 Å². The van der Waals surface area contributed by atoms with Crippen molar-refractivity contribution in [3.05, 3.63) is 45.5 Å². The van der Waals surface area contributed by atoms with Crippen molar-refractivity contribution in [3.63, 3.8) is 0 Å². The molecule has 0 aliphatic rings. The Labute approximate surface area is 110 Å². The number of nitrogens with two attached hydrogens (primary N) is 1. The fourth-order valence-corrected chi connectivity index (χ4v) is 1.94. The van der Waals surface area contributed by atoms with Gasteiger partial charge in [0.1, 0.15) is 5.82 Å². The lowest BCUT2D eigenvalue weighted by molar-refractivity contribution is 0.630. The van der Waals surface area contributed by atoms with E-state index in [4.69, 9.17) is 17.3 Å². The van der Waals surface area contributed by atoms with E-state index in [-0.39, 0.29) is 23.0 Å². The first-order valence-electron chi connectivity index (χ1n) is 5.25. The molecule has 0 aliphatic carbocycles. The van der Waals surface area contributed by atoms with Crippen molar-refractivity contribution < 1.29 is 4.39 Å². The molecule has 2 heterocycles. The number of nitrogen functional groups attached to an aromatic ring is 1. The minimum absolute atomic E-state index is 0.00869. The Morgan fingerprint density at radius 1 is 1.37 bits per heavy atom. The van der Waals surface area contributed by atoms with Crippen molar-refractivity contribution in [2.24, 2.45) is 0 Å². The highest BCUT2D eigenvalue weighted by molar-refractivity contribution is 6.30. The monoisotopic (exact) mass is 279 g/mol. The molecule has 6 nitrogen and oxygen atoms in total. The third-order valence-electron chi connectivity index (χ3n) is 2.62. The van der Waals surface area contributed by atoms with E-state index in [9.17, 15) is 9.18 Å².